The summed E-state index contributed by atoms with van der Waals surface area (Å²) in [4.78, 5) is 27.3. The largest absolute Gasteiger partial charge is 0.496 e. The van der Waals surface area contributed by atoms with Gasteiger partial charge in [0.25, 0.3) is 5.91 Å². The Labute approximate surface area is 170 Å². The molecule has 0 saturated carbocycles. The molecule has 6 nitrogen and oxygen atoms in total. The molecule has 6 heteroatoms. The van der Waals surface area contributed by atoms with Crippen molar-refractivity contribution in [3.8, 4) is 5.75 Å². The second kappa shape index (κ2) is 8.92. The van der Waals surface area contributed by atoms with Crippen molar-refractivity contribution < 1.29 is 13.9 Å². The summed E-state index contributed by atoms with van der Waals surface area (Å²) in [5.74, 6) is 0.169. The molecule has 0 atom stereocenters. The topological polar surface area (TPSA) is 71.8 Å². The highest BCUT2D eigenvalue weighted by Gasteiger charge is 2.17. The number of amides is 1. The van der Waals surface area contributed by atoms with Gasteiger partial charge in [-0.15, -0.1) is 0 Å². The quantitative estimate of drug-likeness (QED) is 0.612. The van der Waals surface area contributed by atoms with Crippen LogP contribution in [0.4, 0.5) is 5.69 Å². The number of rotatable bonds is 7. The van der Waals surface area contributed by atoms with Gasteiger partial charge in [0.05, 0.1) is 7.11 Å². The van der Waals surface area contributed by atoms with Crippen LogP contribution in [0.25, 0.3) is 11.0 Å². The third kappa shape index (κ3) is 4.49. The van der Waals surface area contributed by atoms with Gasteiger partial charge in [-0.25, -0.2) is 4.79 Å². The summed E-state index contributed by atoms with van der Waals surface area (Å²) < 4.78 is 10.8. The Balaban J connectivity index is 1.86. The van der Waals surface area contributed by atoms with Crippen molar-refractivity contribution in [2.45, 2.75) is 26.8 Å². The van der Waals surface area contributed by atoms with Crippen molar-refractivity contribution in [1.29, 1.82) is 0 Å². The maximum absolute atomic E-state index is 12.7. The van der Waals surface area contributed by atoms with Gasteiger partial charge >= 0.3 is 5.63 Å². The summed E-state index contributed by atoms with van der Waals surface area (Å²) >= 11 is 0. The average molecular weight is 394 g/mol. The Bertz CT molecular complexity index is 1070. The van der Waals surface area contributed by atoms with Crippen LogP contribution >= 0.6 is 0 Å². The number of carbonyl (C=O) groups is 1. The molecule has 3 rings (SSSR count). The van der Waals surface area contributed by atoms with Crippen molar-refractivity contribution in [2.75, 3.05) is 26.0 Å². The molecule has 1 heterocycles. The molecule has 0 spiro atoms. The van der Waals surface area contributed by atoms with E-state index in [4.69, 9.17) is 9.15 Å². The third-order valence-corrected chi connectivity index (χ3v) is 4.98. The molecular weight excluding hydrogens is 368 g/mol. The van der Waals surface area contributed by atoms with Crippen molar-refractivity contribution in [1.82, 2.24) is 4.90 Å². The first kappa shape index (κ1) is 20.6. The number of hydrogen-bond acceptors (Lipinski definition) is 5. The first-order valence-corrected chi connectivity index (χ1v) is 9.69. The van der Waals surface area contributed by atoms with E-state index in [1.54, 1.807) is 19.2 Å². The molecule has 0 unspecified atom stereocenters. The van der Waals surface area contributed by atoms with Gasteiger partial charge in [0.15, 0.2) is 0 Å². The highest BCUT2D eigenvalue weighted by molar-refractivity contribution is 6.05. The van der Waals surface area contributed by atoms with Gasteiger partial charge in [0.1, 0.15) is 16.9 Å². The molecule has 1 aromatic heterocycles. The van der Waals surface area contributed by atoms with E-state index in [9.17, 15) is 9.59 Å². The number of hydrogen-bond donors (Lipinski definition) is 1. The monoisotopic (exact) mass is 394 g/mol. The predicted octanol–water partition coefficient (Wildman–Crippen LogP) is 4.07. The van der Waals surface area contributed by atoms with E-state index in [1.165, 1.54) is 0 Å². The van der Waals surface area contributed by atoms with Gasteiger partial charge in [-0.2, -0.15) is 0 Å². The SMILES string of the molecule is CCc1c(OC)ccc2cc(C(=O)Nc3ccc(CN(C)CC)cc3)c(=O)oc12. The van der Waals surface area contributed by atoms with Crippen LogP contribution in [0.1, 0.15) is 35.3 Å². The van der Waals surface area contributed by atoms with E-state index in [0.717, 1.165) is 24.2 Å². The summed E-state index contributed by atoms with van der Waals surface area (Å²) in [6.07, 6.45) is 0.647. The van der Waals surface area contributed by atoms with E-state index in [-0.39, 0.29) is 5.56 Å². The number of anilines is 1. The Morgan fingerprint density at radius 1 is 1.14 bits per heavy atom. The van der Waals surface area contributed by atoms with Gasteiger partial charge in [-0.3, -0.25) is 4.79 Å². The molecule has 1 amide bonds. The lowest BCUT2D eigenvalue weighted by Gasteiger charge is -2.14. The fourth-order valence-electron chi connectivity index (χ4n) is 3.22. The Kier molecular flexibility index (Phi) is 6.34. The molecule has 152 valence electrons. The second-order valence-electron chi connectivity index (χ2n) is 6.95. The van der Waals surface area contributed by atoms with Crippen LogP contribution in [0, 0.1) is 0 Å². The Morgan fingerprint density at radius 3 is 2.48 bits per heavy atom. The lowest BCUT2D eigenvalue weighted by atomic mass is 10.1. The minimum atomic E-state index is -0.667. The van der Waals surface area contributed by atoms with Gasteiger partial charge in [0.2, 0.25) is 0 Å². The molecule has 0 fully saturated rings. The van der Waals surface area contributed by atoms with Crippen molar-refractivity contribution in [2.24, 2.45) is 0 Å². The zero-order valence-corrected chi connectivity index (χ0v) is 17.2. The summed E-state index contributed by atoms with van der Waals surface area (Å²) in [6, 6.07) is 12.8. The number of nitrogens with one attached hydrogen (secondary N) is 1. The van der Waals surface area contributed by atoms with E-state index >= 15 is 0 Å². The first-order valence-electron chi connectivity index (χ1n) is 9.69. The molecule has 0 aliphatic carbocycles. The summed E-state index contributed by atoms with van der Waals surface area (Å²) in [5, 5.41) is 3.46. The van der Waals surface area contributed by atoms with E-state index in [2.05, 4.69) is 17.1 Å². The molecule has 1 N–H and O–H groups in total. The highest BCUT2D eigenvalue weighted by Crippen LogP contribution is 2.28. The van der Waals surface area contributed by atoms with Crippen molar-refractivity contribution in [3.63, 3.8) is 0 Å². The first-order chi connectivity index (χ1) is 14.0. The zero-order chi connectivity index (χ0) is 21.0. The van der Waals surface area contributed by atoms with Crippen LogP contribution in [0.5, 0.6) is 5.75 Å². The van der Waals surface area contributed by atoms with E-state index < -0.39 is 11.5 Å². The summed E-state index contributed by atoms with van der Waals surface area (Å²) in [5.41, 5.74) is 2.35. The fourth-order valence-corrected chi connectivity index (χ4v) is 3.22. The standard InChI is InChI=1S/C23H26N2O4/c1-5-18-20(28-4)12-9-16-13-19(23(27)29-21(16)18)22(26)24-17-10-7-15(8-11-17)14-25(3)6-2/h7-13H,5-6,14H2,1-4H3,(H,24,26). The predicted molar refractivity (Wildman–Crippen MR) is 115 cm³/mol. The van der Waals surface area contributed by atoms with Crippen LogP contribution in [-0.4, -0.2) is 31.5 Å². The molecule has 2 aromatic carbocycles. The van der Waals surface area contributed by atoms with Crippen molar-refractivity contribution in [3.05, 3.63) is 69.6 Å². The van der Waals surface area contributed by atoms with Crippen LogP contribution in [0.2, 0.25) is 0 Å². The van der Waals surface area contributed by atoms with Gasteiger partial charge in [-0.1, -0.05) is 26.0 Å². The number of methoxy groups -OCH3 is 1. The van der Waals surface area contributed by atoms with Gasteiger partial charge < -0.3 is 19.4 Å². The fraction of sp³-hybridized carbons (Fsp3) is 0.304. The van der Waals surface area contributed by atoms with Crippen LogP contribution in [0.15, 0.2) is 51.7 Å². The van der Waals surface area contributed by atoms with Gasteiger partial charge in [0, 0.05) is 23.2 Å². The second-order valence-corrected chi connectivity index (χ2v) is 6.95. The van der Waals surface area contributed by atoms with Crippen LogP contribution in [-0.2, 0) is 13.0 Å². The number of fused-ring (bicyclic) bond motifs is 1. The molecule has 3 aromatic rings. The number of nitrogens with zero attached hydrogens (tertiary/aromatic N) is 1. The number of carbonyl (C=O) groups excluding carboxylic acids is 1. The van der Waals surface area contributed by atoms with E-state index in [0.29, 0.717) is 28.8 Å². The smallest absolute Gasteiger partial charge is 0.349 e. The summed E-state index contributed by atoms with van der Waals surface area (Å²) in [6.45, 7) is 5.85. The average Bonchev–Trinajstić information content (AvgIpc) is 2.73. The molecule has 0 saturated heterocycles. The zero-order valence-electron chi connectivity index (χ0n) is 17.2. The Hall–Kier alpha value is -3.12. The van der Waals surface area contributed by atoms with Crippen LogP contribution in [0.3, 0.4) is 0 Å². The molecule has 0 aliphatic rings. The van der Waals surface area contributed by atoms with Gasteiger partial charge in [-0.05, 0) is 55.9 Å². The summed E-state index contributed by atoms with van der Waals surface area (Å²) in [7, 11) is 3.63. The lowest BCUT2D eigenvalue weighted by Crippen LogP contribution is -2.21. The Morgan fingerprint density at radius 2 is 1.86 bits per heavy atom. The highest BCUT2D eigenvalue weighted by atomic mass is 16.5. The van der Waals surface area contributed by atoms with Crippen LogP contribution < -0.4 is 15.7 Å². The maximum Gasteiger partial charge on any atom is 0.349 e. The molecular formula is C23H26N2O4. The van der Waals surface area contributed by atoms with E-state index in [1.807, 2.05) is 44.3 Å². The molecule has 0 radical (unpaired) electrons. The molecule has 0 bridgehead atoms. The molecule has 0 aliphatic heterocycles. The third-order valence-electron chi connectivity index (χ3n) is 4.98. The normalized spacial score (nSPS) is 11.1. The number of ether oxygens (including phenoxy) is 1. The molecule has 29 heavy (non-hydrogen) atoms. The number of aryl methyl sites for hydroxylation is 1. The maximum atomic E-state index is 12.7. The lowest BCUT2D eigenvalue weighted by molar-refractivity contribution is 0.102. The minimum absolute atomic E-state index is 0.0282. The minimum Gasteiger partial charge on any atom is -0.496 e. The number of benzene rings is 2. The van der Waals surface area contributed by atoms with Crippen molar-refractivity contribution >= 4 is 22.6 Å².